The summed E-state index contributed by atoms with van der Waals surface area (Å²) in [4.78, 5) is 11.9. The largest absolute Gasteiger partial charge is 0.507 e. The van der Waals surface area contributed by atoms with Crippen LogP contribution in [0.3, 0.4) is 0 Å². The van der Waals surface area contributed by atoms with Crippen LogP contribution in [-0.4, -0.2) is 10.9 Å². The van der Waals surface area contributed by atoms with Crippen LogP contribution in [0.4, 0.5) is 0 Å². The van der Waals surface area contributed by atoms with Crippen LogP contribution in [0, 0.1) is 26.2 Å². The Balaban J connectivity index is 3.24. The highest BCUT2D eigenvalue weighted by atomic mass is 16.3. The SMILES string of the molecule is Cc1cc(C)c(/C(O)=C/C(=O)C(C)(C)C)c(C)c1. The van der Waals surface area contributed by atoms with Crippen LogP contribution in [-0.2, 0) is 4.79 Å². The Bertz CT molecular complexity index is 479. The monoisotopic (exact) mass is 246 g/mol. The third kappa shape index (κ3) is 3.22. The van der Waals surface area contributed by atoms with E-state index in [1.807, 2.05) is 53.7 Å². The second-order valence-corrected chi connectivity index (χ2v) is 5.92. The molecule has 0 unspecified atom stereocenters. The predicted molar refractivity (Wildman–Crippen MR) is 75.7 cm³/mol. The zero-order valence-corrected chi connectivity index (χ0v) is 12.1. The lowest BCUT2D eigenvalue weighted by Gasteiger charge is -2.15. The Kier molecular flexibility index (Phi) is 4.00. The maximum atomic E-state index is 11.9. The van der Waals surface area contributed by atoms with Crippen molar-refractivity contribution in [3.63, 3.8) is 0 Å². The quantitative estimate of drug-likeness (QED) is 0.629. The fourth-order valence-corrected chi connectivity index (χ4v) is 2.00. The van der Waals surface area contributed by atoms with Crippen LogP contribution in [0.1, 0.15) is 43.0 Å². The number of rotatable bonds is 2. The summed E-state index contributed by atoms with van der Waals surface area (Å²) < 4.78 is 0. The zero-order valence-electron chi connectivity index (χ0n) is 12.1. The van der Waals surface area contributed by atoms with E-state index in [2.05, 4.69) is 0 Å². The Morgan fingerprint density at radius 1 is 1.11 bits per heavy atom. The first-order valence-electron chi connectivity index (χ1n) is 6.16. The molecule has 1 aromatic rings. The summed E-state index contributed by atoms with van der Waals surface area (Å²) in [5, 5.41) is 10.1. The number of aryl methyl sites for hydroxylation is 3. The highest BCUT2D eigenvalue weighted by Crippen LogP contribution is 2.24. The lowest BCUT2D eigenvalue weighted by atomic mass is 9.89. The van der Waals surface area contributed by atoms with E-state index in [9.17, 15) is 9.90 Å². The number of ketones is 1. The Labute approximate surface area is 109 Å². The van der Waals surface area contributed by atoms with E-state index in [0.29, 0.717) is 0 Å². The van der Waals surface area contributed by atoms with Crippen LogP contribution in [0.25, 0.3) is 5.76 Å². The first-order chi connectivity index (χ1) is 8.12. The summed E-state index contributed by atoms with van der Waals surface area (Å²) >= 11 is 0. The molecule has 0 spiro atoms. The number of hydrogen-bond donors (Lipinski definition) is 1. The Morgan fingerprint density at radius 2 is 1.56 bits per heavy atom. The molecular weight excluding hydrogens is 224 g/mol. The molecule has 2 nitrogen and oxygen atoms in total. The smallest absolute Gasteiger partial charge is 0.164 e. The van der Waals surface area contributed by atoms with Crippen molar-refractivity contribution in [3.05, 3.63) is 40.5 Å². The third-order valence-corrected chi connectivity index (χ3v) is 2.94. The lowest BCUT2D eigenvalue weighted by Crippen LogP contribution is -2.18. The van der Waals surface area contributed by atoms with Crippen molar-refractivity contribution in [2.24, 2.45) is 5.41 Å². The molecule has 1 N–H and O–H groups in total. The van der Waals surface area contributed by atoms with Gasteiger partial charge in [-0.05, 0) is 31.9 Å². The number of aliphatic hydroxyl groups excluding tert-OH is 1. The van der Waals surface area contributed by atoms with Crippen molar-refractivity contribution in [1.29, 1.82) is 0 Å². The fraction of sp³-hybridized carbons (Fsp3) is 0.438. The van der Waals surface area contributed by atoms with E-state index in [4.69, 9.17) is 0 Å². The van der Waals surface area contributed by atoms with Gasteiger partial charge >= 0.3 is 0 Å². The molecular formula is C16H22O2. The number of carbonyl (C=O) groups excluding carboxylic acids is 1. The number of aliphatic hydroxyl groups is 1. The maximum Gasteiger partial charge on any atom is 0.164 e. The minimum absolute atomic E-state index is 0.0601. The van der Waals surface area contributed by atoms with Crippen LogP contribution >= 0.6 is 0 Å². The van der Waals surface area contributed by atoms with Crippen molar-refractivity contribution in [1.82, 2.24) is 0 Å². The van der Waals surface area contributed by atoms with Crippen molar-refractivity contribution in [3.8, 4) is 0 Å². The van der Waals surface area contributed by atoms with Gasteiger partial charge in [-0.15, -0.1) is 0 Å². The standard InChI is InChI=1S/C16H22O2/c1-10-7-11(2)15(12(3)8-10)13(17)9-14(18)16(4,5)6/h7-9,17H,1-6H3/b13-9-. The van der Waals surface area contributed by atoms with Gasteiger partial charge in [-0.3, -0.25) is 4.79 Å². The predicted octanol–water partition coefficient (Wildman–Crippen LogP) is 4.13. The molecule has 2 heteroatoms. The molecule has 0 atom stereocenters. The summed E-state index contributed by atoms with van der Waals surface area (Å²) in [6.45, 7) is 11.4. The maximum absolute atomic E-state index is 11.9. The molecule has 1 rings (SSSR count). The van der Waals surface area contributed by atoms with Gasteiger partial charge in [0, 0.05) is 17.1 Å². The minimum Gasteiger partial charge on any atom is -0.507 e. The molecule has 0 radical (unpaired) electrons. The van der Waals surface area contributed by atoms with E-state index in [-0.39, 0.29) is 11.5 Å². The van der Waals surface area contributed by atoms with Gasteiger partial charge in [-0.1, -0.05) is 38.5 Å². The molecule has 1 aromatic carbocycles. The Morgan fingerprint density at radius 3 is 1.94 bits per heavy atom. The van der Waals surface area contributed by atoms with Crippen LogP contribution in [0.2, 0.25) is 0 Å². The van der Waals surface area contributed by atoms with Gasteiger partial charge in [0.15, 0.2) is 5.78 Å². The van der Waals surface area contributed by atoms with Gasteiger partial charge in [-0.25, -0.2) is 0 Å². The summed E-state index contributed by atoms with van der Waals surface area (Å²) in [6, 6.07) is 4.02. The second kappa shape index (κ2) is 4.97. The second-order valence-electron chi connectivity index (χ2n) is 5.92. The highest BCUT2D eigenvalue weighted by Gasteiger charge is 2.20. The van der Waals surface area contributed by atoms with Gasteiger partial charge in [0.1, 0.15) is 5.76 Å². The average Bonchev–Trinajstić information content (AvgIpc) is 2.13. The first kappa shape index (κ1) is 14.5. The molecule has 0 saturated carbocycles. The average molecular weight is 246 g/mol. The van der Waals surface area contributed by atoms with E-state index in [1.165, 1.54) is 6.08 Å². The normalized spacial score (nSPS) is 12.7. The fourth-order valence-electron chi connectivity index (χ4n) is 2.00. The number of hydrogen-bond acceptors (Lipinski definition) is 2. The van der Waals surface area contributed by atoms with Crippen LogP contribution in [0.15, 0.2) is 18.2 Å². The van der Waals surface area contributed by atoms with Gasteiger partial charge < -0.3 is 5.11 Å². The molecule has 18 heavy (non-hydrogen) atoms. The minimum atomic E-state index is -0.472. The highest BCUT2D eigenvalue weighted by molar-refractivity contribution is 5.99. The van der Waals surface area contributed by atoms with Crippen molar-refractivity contribution >= 4 is 11.5 Å². The Hall–Kier alpha value is -1.57. The van der Waals surface area contributed by atoms with E-state index >= 15 is 0 Å². The van der Waals surface area contributed by atoms with Gasteiger partial charge in [0.25, 0.3) is 0 Å². The topological polar surface area (TPSA) is 37.3 Å². The van der Waals surface area contributed by atoms with Crippen molar-refractivity contribution in [2.45, 2.75) is 41.5 Å². The van der Waals surface area contributed by atoms with Crippen LogP contribution in [0.5, 0.6) is 0 Å². The van der Waals surface area contributed by atoms with Crippen molar-refractivity contribution < 1.29 is 9.90 Å². The molecule has 0 fully saturated rings. The van der Waals surface area contributed by atoms with Crippen molar-refractivity contribution in [2.75, 3.05) is 0 Å². The van der Waals surface area contributed by atoms with E-state index < -0.39 is 5.41 Å². The number of carbonyl (C=O) groups is 1. The van der Waals surface area contributed by atoms with E-state index in [0.717, 1.165) is 22.3 Å². The molecule has 0 aliphatic rings. The molecule has 0 aliphatic heterocycles. The van der Waals surface area contributed by atoms with E-state index in [1.54, 1.807) is 0 Å². The van der Waals surface area contributed by atoms with Gasteiger partial charge in [0.05, 0.1) is 0 Å². The summed E-state index contributed by atoms with van der Waals surface area (Å²) in [5.74, 6) is -0.00991. The number of allylic oxidation sites excluding steroid dienone is 1. The van der Waals surface area contributed by atoms with Crippen LogP contribution < -0.4 is 0 Å². The third-order valence-electron chi connectivity index (χ3n) is 2.94. The van der Waals surface area contributed by atoms with Gasteiger partial charge in [-0.2, -0.15) is 0 Å². The van der Waals surface area contributed by atoms with Gasteiger partial charge in [0.2, 0.25) is 0 Å². The molecule has 0 aliphatic carbocycles. The molecule has 98 valence electrons. The number of benzene rings is 1. The lowest BCUT2D eigenvalue weighted by molar-refractivity contribution is -0.121. The molecule has 0 bridgehead atoms. The summed E-state index contributed by atoms with van der Waals surface area (Å²) in [6.07, 6.45) is 1.34. The summed E-state index contributed by atoms with van der Waals surface area (Å²) in [7, 11) is 0. The molecule has 0 saturated heterocycles. The zero-order chi connectivity index (χ0) is 14.1. The molecule has 0 aromatic heterocycles. The summed E-state index contributed by atoms with van der Waals surface area (Å²) in [5.41, 5.74) is 3.42. The molecule has 0 amide bonds. The molecule has 0 heterocycles. The first-order valence-corrected chi connectivity index (χ1v) is 6.16.